The van der Waals surface area contributed by atoms with Crippen LogP contribution in [0.1, 0.15) is 0 Å². The number of aromatic nitrogens is 1. The van der Waals surface area contributed by atoms with Gasteiger partial charge in [-0.15, -0.1) is 12.4 Å². The Bertz CT molecular complexity index is 712. The first-order valence-corrected chi connectivity index (χ1v) is 6.03. The van der Waals surface area contributed by atoms with E-state index in [0.29, 0.717) is 10.8 Å². The van der Waals surface area contributed by atoms with Crippen LogP contribution >= 0.6 is 24.0 Å². The lowest BCUT2D eigenvalue weighted by Gasteiger charge is -2.07. The number of anilines is 1. The molecule has 0 aliphatic heterocycles. The average molecular weight is 291 g/mol. The van der Waals surface area contributed by atoms with Crippen molar-refractivity contribution in [1.82, 2.24) is 4.98 Å². The second kappa shape index (κ2) is 5.47. The van der Waals surface area contributed by atoms with E-state index in [1.54, 1.807) is 0 Å². The molecule has 0 radical (unpaired) electrons. The van der Waals surface area contributed by atoms with E-state index in [2.05, 4.69) is 4.98 Å². The van der Waals surface area contributed by atoms with Crippen LogP contribution in [0, 0.1) is 0 Å². The van der Waals surface area contributed by atoms with Crippen molar-refractivity contribution in [2.75, 3.05) is 5.73 Å². The molecule has 0 aliphatic rings. The quantitative estimate of drug-likeness (QED) is 0.714. The summed E-state index contributed by atoms with van der Waals surface area (Å²) in [7, 11) is 0. The summed E-state index contributed by atoms with van der Waals surface area (Å²) < 4.78 is 0. The lowest BCUT2D eigenvalue weighted by atomic mass is 10.0. The fraction of sp³-hybridized carbons (Fsp3) is 0. The van der Waals surface area contributed by atoms with Gasteiger partial charge < -0.3 is 5.73 Å². The molecule has 3 aromatic rings. The highest BCUT2D eigenvalue weighted by molar-refractivity contribution is 6.31. The number of nitrogens with two attached hydrogens (primary N) is 1. The van der Waals surface area contributed by atoms with Crippen LogP contribution in [0.3, 0.4) is 0 Å². The maximum absolute atomic E-state index is 6.01. The van der Waals surface area contributed by atoms with Crippen molar-refractivity contribution in [3.63, 3.8) is 0 Å². The highest BCUT2D eigenvalue weighted by atomic mass is 35.5. The second-order valence-corrected chi connectivity index (χ2v) is 4.56. The number of nitrogens with zero attached hydrogens (tertiary/aromatic N) is 1. The smallest absolute Gasteiger partial charge is 0.131 e. The van der Waals surface area contributed by atoms with Crippen LogP contribution in [0.4, 0.5) is 5.82 Å². The molecule has 0 bridgehead atoms. The maximum Gasteiger partial charge on any atom is 0.131 e. The van der Waals surface area contributed by atoms with Crippen LogP contribution in [0.25, 0.3) is 22.0 Å². The largest absolute Gasteiger partial charge is 0.383 e. The Morgan fingerprint density at radius 1 is 0.947 bits per heavy atom. The van der Waals surface area contributed by atoms with Crippen molar-refractivity contribution in [2.24, 2.45) is 0 Å². The maximum atomic E-state index is 6.01. The lowest BCUT2D eigenvalue weighted by molar-refractivity contribution is 1.41. The molecule has 2 nitrogen and oxygen atoms in total. The summed E-state index contributed by atoms with van der Waals surface area (Å²) >= 11 is 6.00. The number of nitrogen functional groups attached to an aromatic ring is 1. The van der Waals surface area contributed by atoms with Crippen LogP contribution in [0.15, 0.2) is 54.6 Å². The molecular weight excluding hydrogens is 279 g/mol. The fourth-order valence-corrected chi connectivity index (χ4v) is 2.19. The van der Waals surface area contributed by atoms with E-state index >= 15 is 0 Å². The van der Waals surface area contributed by atoms with Crippen molar-refractivity contribution >= 4 is 40.7 Å². The van der Waals surface area contributed by atoms with Crippen molar-refractivity contribution in [3.8, 4) is 11.1 Å². The summed E-state index contributed by atoms with van der Waals surface area (Å²) in [5, 5.41) is 1.70. The SMILES string of the molecule is Cl.Nc1nc2ccc(Cl)cc2cc1-c1ccccc1. The molecule has 0 fully saturated rings. The Labute approximate surface area is 122 Å². The summed E-state index contributed by atoms with van der Waals surface area (Å²) in [5.74, 6) is 0.538. The van der Waals surface area contributed by atoms with Gasteiger partial charge in [0.05, 0.1) is 5.52 Å². The fourth-order valence-electron chi connectivity index (χ4n) is 2.01. The van der Waals surface area contributed by atoms with E-state index in [0.717, 1.165) is 22.0 Å². The molecule has 2 N–H and O–H groups in total. The van der Waals surface area contributed by atoms with Gasteiger partial charge in [-0.05, 0) is 29.8 Å². The Morgan fingerprint density at radius 3 is 2.42 bits per heavy atom. The Hall–Kier alpha value is -1.77. The molecule has 1 aromatic heterocycles. The first-order chi connectivity index (χ1) is 8.74. The van der Waals surface area contributed by atoms with Gasteiger partial charge in [0.2, 0.25) is 0 Å². The minimum Gasteiger partial charge on any atom is -0.383 e. The lowest BCUT2D eigenvalue weighted by Crippen LogP contribution is -1.94. The first kappa shape index (κ1) is 13.7. The zero-order chi connectivity index (χ0) is 12.5. The molecule has 0 unspecified atom stereocenters. The summed E-state index contributed by atoms with van der Waals surface area (Å²) in [6.07, 6.45) is 0. The number of pyridine rings is 1. The zero-order valence-corrected chi connectivity index (χ0v) is 11.6. The zero-order valence-electron chi connectivity index (χ0n) is 10.0. The molecule has 0 spiro atoms. The number of halogens is 2. The van der Waals surface area contributed by atoms with E-state index in [4.69, 9.17) is 17.3 Å². The second-order valence-electron chi connectivity index (χ2n) is 4.12. The molecule has 0 amide bonds. The average Bonchev–Trinajstić information content (AvgIpc) is 2.39. The predicted molar refractivity (Wildman–Crippen MR) is 83.8 cm³/mol. The first-order valence-electron chi connectivity index (χ1n) is 5.65. The molecule has 2 aromatic carbocycles. The van der Waals surface area contributed by atoms with Gasteiger partial charge in [-0.2, -0.15) is 0 Å². The van der Waals surface area contributed by atoms with Gasteiger partial charge in [0, 0.05) is 16.0 Å². The summed E-state index contributed by atoms with van der Waals surface area (Å²) in [5.41, 5.74) is 8.87. The van der Waals surface area contributed by atoms with Crippen molar-refractivity contribution in [3.05, 3.63) is 59.6 Å². The van der Waals surface area contributed by atoms with E-state index in [9.17, 15) is 0 Å². The van der Waals surface area contributed by atoms with Crippen LogP contribution < -0.4 is 5.73 Å². The van der Waals surface area contributed by atoms with Crippen LogP contribution in [0.5, 0.6) is 0 Å². The normalized spacial score (nSPS) is 10.2. The number of benzene rings is 2. The molecule has 19 heavy (non-hydrogen) atoms. The third kappa shape index (κ3) is 2.65. The minimum absolute atomic E-state index is 0. The van der Waals surface area contributed by atoms with Crippen molar-refractivity contribution in [1.29, 1.82) is 0 Å². The number of hydrogen-bond donors (Lipinski definition) is 1. The van der Waals surface area contributed by atoms with E-state index < -0.39 is 0 Å². The Morgan fingerprint density at radius 2 is 1.68 bits per heavy atom. The summed E-state index contributed by atoms with van der Waals surface area (Å²) in [6.45, 7) is 0. The van der Waals surface area contributed by atoms with Gasteiger partial charge in [0.1, 0.15) is 5.82 Å². The standard InChI is InChI=1S/C15H11ClN2.ClH/c16-12-6-7-14-11(8-12)9-13(15(17)18-14)10-4-2-1-3-5-10;/h1-9H,(H2,17,18);1H. The van der Waals surface area contributed by atoms with E-state index in [-0.39, 0.29) is 12.4 Å². The number of rotatable bonds is 1. The van der Waals surface area contributed by atoms with Crippen LogP contribution in [-0.4, -0.2) is 4.98 Å². The summed E-state index contributed by atoms with van der Waals surface area (Å²) in [6, 6.07) is 17.6. The van der Waals surface area contributed by atoms with E-state index in [1.807, 2.05) is 54.6 Å². The molecule has 1 heterocycles. The molecule has 96 valence electrons. The molecule has 0 saturated carbocycles. The van der Waals surface area contributed by atoms with E-state index in [1.165, 1.54) is 0 Å². The molecule has 0 saturated heterocycles. The van der Waals surface area contributed by atoms with Crippen molar-refractivity contribution < 1.29 is 0 Å². The molecule has 4 heteroatoms. The number of hydrogen-bond acceptors (Lipinski definition) is 2. The third-order valence-electron chi connectivity index (χ3n) is 2.89. The molecule has 3 rings (SSSR count). The van der Waals surface area contributed by atoms with Gasteiger partial charge in [0.25, 0.3) is 0 Å². The molecular formula is C15H12Cl2N2. The highest BCUT2D eigenvalue weighted by Gasteiger charge is 2.06. The van der Waals surface area contributed by atoms with Gasteiger partial charge >= 0.3 is 0 Å². The predicted octanol–water partition coefficient (Wildman–Crippen LogP) is 4.56. The Balaban J connectivity index is 0.00000133. The van der Waals surface area contributed by atoms with Crippen LogP contribution in [0.2, 0.25) is 5.02 Å². The topological polar surface area (TPSA) is 38.9 Å². The minimum atomic E-state index is 0. The molecule has 0 aliphatic carbocycles. The van der Waals surface area contributed by atoms with Gasteiger partial charge in [0.15, 0.2) is 0 Å². The summed E-state index contributed by atoms with van der Waals surface area (Å²) in [4.78, 5) is 4.41. The van der Waals surface area contributed by atoms with Gasteiger partial charge in [-0.1, -0.05) is 41.9 Å². The van der Waals surface area contributed by atoms with Crippen molar-refractivity contribution in [2.45, 2.75) is 0 Å². The Kier molecular flexibility index (Phi) is 3.93. The van der Waals surface area contributed by atoms with Gasteiger partial charge in [-0.25, -0.2) is 4.98 Å². The molecule has 0 atom stereocenters. The van der Waals surface area contributed by atoms with Crippen LogP contribution in [-0.2, 0) is 0 Å². The third-order valence-corrected chi connectivity index (χ3v) is 3.13. The number of fused-ring (bicyclic) bond motifs is 1. The monoisotopic (exact) mass is 290 g/mol. The highest BCUT2D eigenvalue weighted by Crippen LogP contribution is 2.29. The van der Waals surface area contributed by atoms with Gasteiger partial charge in [-0.3, -0.25) is 0 Å².